The molecule has 122 valence electrons. The predicted molar refractivity (Wildman–Crippen MR) is 76.9 cm³/mol. The zero-order valence-electron chi connectivity index (χ0n) is 11.9. The minimum atomic E-state index is -1.43. The van der Waals surface area contributed by atoms with E-state index >= 15 is 0 Å². The normalized spacial score (nSPS) is 11.4. The SMILES string of the molecule is N#CC(NC(=O)c1ccc(O)c([N+](=O)[O-])c1)c1ccc(F)cc1F. The van der Waals surface area contributed by atoms with Crippen LogP contribution in [-0.4, -0.2) is 15.9 Å². The Morgan fingerprint density at radius 2 is 2.00 bits per heavy atom. The lowest BCUT2D eigenvalue weighted by Crippen LogP contribution is -2.28. The number of halogens is 2. The average molecular weight is 333 g/mol. The molecule has 0 saturated heterocycles. The fourth-order valence-corrected chi connectivity index (χ4v) is 1.94. The van der Waals surface area contributed by atoms with Gasteiger partial charge in [0.05, 0.1) is 11.0 Å². The number of nitrogens with one attached hydrogen (secondary N) is 1. The highest BCUT2D eigenvalue weighted by molar-refractivity contribution is 5.95. The van der Waals surface area contributed by atoms with E-state index in [1.165, 1.54) is 0 Å². The van der Waals surface area contributed by atoms with E-state index in [2.05, 4.69) is 5.32 Å². The number of carbonyl (C=O) groups is 1. The monoisotopic (exact) mass is 333 g/mol. The van der Waals surface area contributed by atoms with Crippen LogP contribution in [-0.2, 0) is 0 Å². The minimum absolute atomic E-state index is 0.206. The molecule has 0 aromatic heterocycles. The first-order chi connectivity index (χ1) is 11.3. The van der Waals surface area contributed by atoms with Crippen molar-refractivity contribution in [2.45, 2.75) is 6.04 Å². The summed E-state index contributed by atoms with van der Waals surface area (Å²) in [6, 6.07) is 5.61. The van der Waals surface area contributed by atoms with E-state index in [1.807, 2.05) is 0 Å². The third-order valence-electron chi connectivity index (χ3n) is 3.11. The third-order valence-corrected chi connectivity index (χ3v) is 3.11. The first kappa shape index (κ1) is 16.8. The van der Waals surface area contributed by atoms with Crippen LogP contribution in [0.1, 0.15) is 22.0 Å². The van der Waals surface area contributed by atoms with Crippen molar-refractivity contribution in [1.29, 1.82) is 5.26 Å². The predicted octanol–water partition coefficient (Wildman–Crippen LogP) is 2.57. The van der Waals surface area contributed by atoms with Gasteiger partial charge in [0, 0.05) is 23.3 Å². The van der Waals surface area contributed by atoms with E-state index < -0.39 is 39.9 Å². The molecule has 9 heteroatoms. The van der Waals surface area contributed by atoms with Crippen LogP contribution in [0.5, 0.6) is 5.75 Å². The molecule has 2 rings (SSSR count). The number of hydrogen-bond acceptors (Lipinski definition) is 5. The van der Waals surface area contributed by atoms with E-state index in [1.54, 1.807) is 6.07 Å². The maximum Gasteiger partial charge on any atom is 0.311 e. The number of rotatable bonds is 4. The molecule has 2 aromatic rings. The fourth-order valence-electron chi connectivity index (χ4n) is 1.94. The van der Waals surface area contributed by atoms with E-state index in [9.17, 15) is 28.8 Å². The van der Waals surface area contributed by atoms with Gasteiger partial charge >= 0.3 is 5.69 Å². The first-order valence-electron chi connectivity index (χ1n) is 6.46. The van der Waals surface area contributed by atoms with Crippen LogP contribution in [0.25, 0.3) is 0 Å². The van der Waals surface area contributed by atoms with Crippen LogP contribution in [0, 0.1) is 33.1 Å². The van der Waals surface area contributed by atoms with Gasteiger partial charge in [-0.2, -0.15) is 5.26 Å². The molecular weight excluding hydrogens is 324 g/mol. The summed E-state index contributed by atoms with van der Waals surface area (Å²) in [6.07, 6.45) is 0. The molecule has 0 aliphatic carbocycles. The van der Waals surface area contributed by atoms with Gasteiger partial charge in [-0.05, 0) is 18.2 Å². The number of amides is 1. The summed E-state index contributed by atoms with van der Waals surface area (Å²) in [5.41, 5.74) is -1.15. The molecule has 0 aliphatic rings. The highest BCUT2D eigenvalue weighted by Gasteiger charge is 2.21. The first-order valence-corrected chi connectivity index (χ1v) is 6.46. The maximum atomic E-state index is 13.7. The number of nitriles is 1. The molecule has 2 aromatic carbocycles. The van der Waals surface area contributed by atoms with Crippen molar-refractivity contribution in [1.82, 2.24) is 5.32 Å². The van der Waals surface area contributed by atoms with Crippen LogP contribution in [0.4, 0.5) is 14.5 Å². The second kappa shape index (κ2) is 6.70. The summed E-state index contributed by atoms with van der Waals surface area (Å²) < 4.78 is 26.6. The van der Waals surface area contributed by atoms with Gasteiger partial charge in [0.15, 0.2) is 5.75 Å². The summed E-state index contributed by atoms with van der Waals surface area (Å²) >= 11 is 0. The van der Waals surface area contributed by atoms with E-state index in [-0.39, 0.29) is 11.1 Å². The van der Waals surface area contributed by atoms with Gasteiger partial charge in [0.25, 0.3) is 5.91 Å². The highest BCUT2D eigenvalue weighted by Crippen LogP contribution is 2.26. The smallest absolute Gasteiger partial charge is 0.311 e. The Bertz CT molecular complexity index is 864. The maximum absolute atomic E-state index is 13.7. The van der Waals surface area contributed by atoms with Gasteiger partial charge in [-0.15, -0.1) is 0 Å². The van der Waals surface area contributed by atoms with Gasteiger partial charge in [0.1, 0.15) is 17.7 Å². The fraction of sp³-hybridized carbons (Fsp3) is 0.0667. The number of aromatic hydroxyl groups is 1. The molecule has 0 bridgehead atoms. The zero-order valence-corrected chi connectivity index (χ0v) is 11.9. The van der Waals surface area contributed by atoms with E-state index in [0.717, 1.165) is 30.3 Å². The lowest BCUT2D eigenvalue weighted by molar-refractivity contribution is -0.385. The molecular formula is C15H9F2N3O4. The van der Waals surface area contributed by atoms with Gasteiger partial charge in [0.2, 0.25) is 0 Å². The number of hydrogen-bond donors (Lipinski definition) is 2. The number of benzene rings is 2. The molecule has 0 radical (unpaired) electrons. The van der Waals surface area contributed by atoms with Crippen molar-refractivity contribution in [2.24, 2.45) is 0 Å². The van der Waals surface area contributed by atoms with Crippen LogP contribution in [0.3, 0.4) is 0 Å². The van der Waals surface area contributed by atoms with Crippen molar-refractivity contribution in [3.8, 4) is 11.8 Å². The number of phenolic OH excluding ortho intramolecular Hbond substituents is 1. The third kappa shape index (κ3) is 3.44. The standard InChI is InChI=1S/C15H9F2N3O4/c16-9-2-3-10(11(17)6-9)12(7-18)19-15(22)8-1-4-14(21)13(5-8)20(23)24/h1-6,12,21H,(H,19,22). The molecule has 0 fully saturated rings. The van der Waals surface area contributed by atoms with E-state index in [4.69, 9.17) is 5.26 Å². The summed E-state index contributed by atoms with van der Waals surface area (Å²) in [5.74, 6) is -3.38. The molecule has 1 amide bonds. The average Bonchev–Trinajstić information content (AvgIpc) is 2.53. The second-order valence-electron chi connectivity index (χ2n) is 4.66. The van der Waals surface area contributed by atoms with Crippen LogP contribution in [0.15, 0.2) is 36.4 Å². The van der Waals surface area contributed by atoms with Crippen molar-refractivity contribution < 1.29 is 23.6 Å². The Hall–Kier alpha value is -3.54. The quantitative estimate of drug-likeness (QED) is 0.659. The Balaban J connectivity index is 2.29. The summed E-state index contributed by atoms with van der Waals surface area (Å²) in [7, 11) is 0. The highest BCUT2D eigenvalue weighted by atomic mass is 19.1. The molecule has 24 heavy (non-hydrogen) atoms. The van der Waals surface area contributed by atoms with Crippen molar-refractivity contribution >= 4 is 11.6 Å². The molecule has 1 unspecified atom stereocenters. The second-order valence-corrected chi connectivity index (χ2v) is 4.66. The van der Waals surface area contributed by atoms with Gasteiger partial charge < -0.3 is 10.4 Å². The molecule has 7 nitrogen and oxygen atoms in total. The lowest BCUT2D eigenvalue weighted by atomic mass is 10.1. The molecule has 1 atom stereocenters. The number of nitro groups is 1. The zero-order chi connectivity index (χ0) is 17.9. The van der Waals surface area contributed by atoms with Crippen LogP contribution >= 0.6 is 0 Å². The van der Waals surface area contributed by atoms with Gasteiger partial charge in [-0.25, -0.2) is 8.78 Å². The Kier molecular flexibility index (Phi) is 4.70. The molecule has 2 N–H and O–H groups in total. The molecule has 0 spiro atoms. The topological polar surface area (TPSA) is 116 Å². The summed E-state index contributed by atoms with van der Waals surface area (Å²) in [5, 5.41) is 31.4. The van der Waals surface area contributed by atoms with Gasteiger partial charge in [-0.3, -0.25) is 14.9 Å². The van der Waals surface area contributed by atoms with Gasteiger partial charge in [-0.1, -0.05) is 6.07 Å². The molecule has 0 saturated carbocycles. The van der Waals surface area contributed by atoms with Crippen molar-refractivity contribution in [2.75, 3.05) is 0 Å². The number of nitrogens with zero attached hydrogens (tertiary/aromatic N) is 2. The summed E-state index contributed by atoms with van der Waals surface area (Å²) in [6.45, 7) is 0. The molecule has 0 heterocycles. The number of carbonyl (C=O) groups excluding carboxylic acids is 1. The number of nitro benzene ring substituents is 1. The minimum Gasteiger partial charge on any atom is -0.502 e. The van der Waals surface area contributed by atoms with Crippen molar-refractivity contribution in [3.63, 3.8) is 0 Å². The Labute approximate surface area is 133 Å². The molecule has 0 aliphatic heterocycles. The van der Waals surface area contributed by atoms with Crippen LogP contribution < -0.4 is 5.32 Å². The largest absolute Gasteiger partial charge is 0.502 e. The summed E-state index contributed by atoms with van der Waals surface area (Å²) in [4.78, 5) is 22.0. The van der Waals surface area contributed by atoms with Crippen molar-refractivity contribution in [3.05, 3.63) is 69.3 Å². The Morgan fingerprint density at radius 3 is 2.58 bits per heavy atom. The number of phenols is 1. The Morgan fingerprint density at radius 1 is 1.29 bits per heavy atom. The van der Waals surface area contributed by atoms with Crippen LogP contribution in [0.2, 0.25) is 0 Å². The van der Waals surface area contributed by atoms with E-state index in [0.29, 0.717) is 6.07 Å². The lowest BCUT2D eigenvalue weighted by Gasteiger charge is -2.13.